The van der Waals surface area contributed by atoms with Crippen molar-refractivity contribution < 1.29 is 0 Å². The van der Waals surface area contributed by atoms with Crippen molar-refractivity contribution in [2.75, 3.05) is 5.32 Å². The number of halogens is 1. The summed E-state index contributed by atoms with van der Waals surface area (Å²) in [7, 11) is 0. The van der Waals surface area contributed by atoms with Crippen LogP contribution in [0.5, 0.6) is 0 Å². The van der Waals surface area contributed by atoms with Crippen molar-refractivity contribution in [2.45, 2.75) is 0 Å². The van der Waals surface area contributed by atoms with Gasteiger partial charge in [-0.1, -0.05) is 52.3 Å². The van der Waals surface area contributed by atoms with Crippen molar-refractivity contribution in [1.82, 2.24) is 19.7 Å². The summed E-state index contributed by atoms with van der Waals surface area (Å²) in [6.07, 6.45) is 1.72. The van der Waals surface area contributed by atoms with Gasteiger partial charge in [-0.05, 0) is 48.5 Å². The van der Waals surface area contributed by atoms with Gasteiger partial charge in [0.2, 0.25) is 0 Å². The Labute approximate surface area is 176 Å². The van der Waals surface area contributed by atoms with E-state index in [9.17, 15) is 0 Å². The van der Waals surface area contributed by atoms with Gasteiger partial charge in [-0.2, -0.15) is 0 Å². The average molecular weight is 442 g/mol. The quantitative estimate of drug-likeness (QED) is 0.372. The molecule has 0 saturated heterocycles. The molecule has 0 aliphatic rings. The maximum atomic E-state index is 4.71. The summed E-state index contributed by atoms with van der Waals surface area (Å²) in [5, 5.41) is 9.19. The molecule has 6 heteroatoms. The maximum absolute atomic E-state index is 4.71. The van der Waals surface area contributed by atoms with Gasteiger partial charge in [0.25, 0.3) is 0 Å². The summed E-state index contributed by atoms with van der Waals surface area (Å²) >= 11 is 3.50. The van der Waals surface area contributed by atoms with Crippen molar-refractivity contribution in [3.63, 3.8) is 0 Å². The lowest BCUT2D eigenvalue weighted by atomic mass is 10.1. The average Bonchev–Trinajstić information content (AvgIpc) is 3.24. The number of hydrogen-bond donors (Lipinski definition) is 1. The van der Waals surface area contributed by atoms with Crippen LogP contribution in [0.15, 0.2) is 95.7 Å². The van der Waals surface area contributed by atoms with Crippen LogP contribution < -0.4 is 5.32 Å². The Morgan fingerprint density at radius 1 is 0.828 bits per heavy atom. The molecule has 29 heavy (non-hydrogen) atoms. The molecule has 0 aliphatic heterocycles. The number of rotatable bonds is 4. The Hall–Kier alpha value is -3.51. The Kier molecular flexibility index (Phi) is 4.54. The number of fused-ring (bicyclic) bond motifs is 1. The predicted octanol–water partition coefficient (Wildman–Crippen LogP) is 5.99. The summed E-state index contributed by atoms with van der Waals surface area (Å²) in [6.45, 7) is 0. The number of aromatic nitrogens is 4. The number of hydrogen-bond acceptors (Lipinski definition) is 4. The van der Waals surface area contributed by atoms with E-state index in [1.54, 1.807) is 11.0 Å². The minimum absolute atomic E-state index is 0.647. The maximum Gasteiger partial charge on any atom is 0.183 e. The highest BCUT2D eigenvalue weighted by molar-refractivity contribution is 9.10. The summed E-state index contributed by atoms with van der Waals surface area (Å²) in [4.78, 5) is 9.23. The first-order valence-electron chi connectivity index (χ1n) is 9.16. The molecule has 0 atom stereocenters. The van der Waals surface area contributed by atoms with Crippen molar-refractivity contribution in [3.05, 3.63) is 95.7 Å². The SMILES string of the molecule is Brc1cccc(-n2cnc(-c3ccccc3Nc3ccc4ccccc4n3)n2)c1. The largest absolute Gasteiger partial charge is 0.340 e. The third-order valence-corrected chi connectivity index (χ3v) is 5.09. The highest BCUT2D eigenvalue weighted by Crippen LogP contribution is 2.28. The molecule has 0 spiro atoms. The first-order chi connectivity index (χ1) is 14.3. The lowest BCUT2D eigenvalue weighted by molar-refractivity contribution is 0.881. The molecule has 2 aromatic heterocycles. The van der Waals surface area contributed by atoms with Crippen molar-refractivity contribution in [3.8, 4) is 17.1 Å². The second kappa shape index (κ2) is 7.48. The van der Waals surface area contributed by atoms with Crippen LogP contribution in [0.1, 0.15) is 0 Å². The molecule has 0 unspecified atom stereocenters. The van der Waals surface area contributed by atoms with E-state index in [1.807, 2.05) is 72.8 Å². The number of para-hydroxylation sites is 2. The second-order valence-corrected chi connectivity index (χ2v) is 7.47. The number of pyridine rings is 1. The predicted molar refractivity (Wildman–Crippen MR) is 120 cm³/mol. The molecule has 5 rings (SSSR count). The van der Waals surface area contributed by atoms with Gasteiger partial charge >= 0.3 is 0 Å². The van der Waals surface area contributed by atoms with Crippen LogP contribution in [0.2, 0.25) is 0 Å². The number of anilines is 2. The van der Waals surface area contributed by atoms with E-state index in [-0.39, 0.29) is 0 Å². The van der Waals surface area contributed by atoms with Crippen LogP contribution in [0.3, 0.4) is 0 Å². The zero-order chi connectivity index (χ0) is 19.6. The van der Waals surface area contributed by atoms with E-state index in [0.717, 1.165) is 38.1 Å². The fourth-order valence-electron chi connectivity index (χ4n) is 3.19. The topological polar surface area (TPSA) is 55.6 Å². The third-order valence-electron chi connectivity index (χ3n) is 4.59. The van der Waals surface area contributed by atoms with Gasteiger partial charge in [0.1, 0.15) is 12.1 Å². The normalized spacial score (nSPS) is 10.9. The molecule has 5 nitrogen and oxygen atoms in total. The molecule has 0 radical (unpaired) electrons. The van der Waals surface area contributed by atoms with Crippen molar-refractivity contribution >= 4 is 38.3 Å². The Morgan fingerprint density at radius 2 is 1.69 bits per heavy atom. The van der Waals surface area contributed by atoms with Crippen LogP contribution in [-0.4, -0.2) is 19.7 Å². The van der Waals surface area contributed by atoms with Gasteiger partial charge in [0.05, 0.1) is 16.9 Å². The van der Waals surface area contributed by atoms with Gasteiger partial charge in [0, 0.05) is 15.4 Å². The molecule has 140 valence electrons. The fraction of sp³-hybridized carbons (Fsp3) is 0. The van der Waals surface area contributed by atoms with E-state index in [0.29, 0.717) is 5.82 Å². The molecule has 3 aromatic carbocycles. The summed E-state index contributed by atoms with van der Waals surface area (Å²) in [5.41, 5.74) is 3.71. The summed E-state index contributed by atoms with van der Waals surface area (Å²) < 4.78 is 2.77. The van der Waals surface area contributed by atoms with E-state index in [4.69, 9.17) is 4.98 Å². The van der Waals surface area contributed by atoms with Gasteiger partial charge in [0.15, 0.2) is 5.82 Å². The zero-order valence-electron chi connectivity index (χ0n) is 15.3. The van der Waals surface area contributed by atoms with E-state index < -0.39 is 0 Å². The fourth-order valence-corrected chi connectivity index (χ4v) is 3.58. The minimum atomic E-state index is 0.647. The Balaban J connectivity index is 1.49. The summed E-state index contributed by atoms with van der Waals surface area (Å²) in [5.74, 6) is 1.43. The number of nitrogens with one attached hydrogen (secondary N) is 1. The highest BCUT2D eigenvalue weighted by Gasteiger charge is 2.11. The van der Waals surface area contributed by atoms with Crippen LogP contribution in [0.4, 0.5) is 11.5 Å². The molecule has 0 aliphatic carbocycles. The molecule has 0 fully saturated rings. The monoisotopic (exact) mass is 441 g/mol. The lowest BCUT2D eigenvalue weighted by Gasteiger charge is -2.10. The van der Waals surface area contributed by atoms with Crippen LogP contribution in [0.25, 0.3) is 28.0 Å². The van der Waals surface area contributed by atoms with Gasteiger partial charge in [-0.15, -0.1) is 5.10 Å². The minimum Gasteiger partial charge on any atom is -0.340 e. The molecule has 2 heterocycles. The van der Waals surface area contributed by atoms with Crippen LogP contribution in [-0.2, 0) is 0 Å². The molecular weight excluding hydrogens is 426 g/mol. The van der Waals surface area contributed by atoms with E-state index >= 15 is 0 Å². The first-order valence-corrected chi connectivity index (χ1v) is 9.95. The van der Waals surface area contributed by atoms with Gasteiger partial charge in [-0.25, -0.2) is 14.6 Å². The second-order valence-electron chi connectivity index (χ2n) is 6.55. The Morgan fingerprint density at radius 3 is 2.62 bits per heavy atom. The highest BCUT2D eigenvalue weighted by atomic mass is 79.9. The van der Waals surface area contributed by atoms with Gasteiger partial charge in [-0.3, -0.25) is 0 Å². The van der Waals surface area contributed by atoms with Crippen molar-refractivity contribution in [1.29, 1.82) is 0 Å². The smallest absolute Gasteiger partial charge is 0.183 e. The van der Waals surface area contributed by atoms with Crippen molar-refractivity contribution in [2.24, 2.45) is 0 Å². The molecular formula is C23H16BrN5. The standard InChI is InChI=1S/C23H16BrN5/c24-17-7-5-8-18(14-17)29-15-25-23(28-29)19-9-2-4-11-21(19)27-22-13-12-16-6-1-3-10-20(16)26-22/h1-15H,(H,26,27). The number of nitrogens with zero attached hydrogens (tertiary/aromatic N) is 4. The zero-order valence-corrected chi connectivity index (χ0v) is 16.9. The van der Waals surface area contributed by atoms with E-state index in [2.05, 4.69) is 43.5 Å². The number of benzene rings is 3. The molecule has 1 N–H and O–H groups in total. The molecule has 0 bridgehead atoms. The third kappa shape index (κ3) is 3.62. The van der Waals surface area contributed by atoms with E-state index in [1.165, 1.54) is 0 Å². The van der Waals surface area contributed by atoms with Gasteiger partial charge < -0.3 is 5.32 Å². The molecule has 5 aromatic rings. The summed E-state index contributed by atoms with van der Waals surface area (Å²) in [6, 6.07) is 28.0. The molecule has 0 saturated carbocycles. The molecule has 0 amide bonds. The van der Waals surface area contributed by atoms with Crippen LogP contribution in [0, 0.1) is 0 Å². The Bertz CT molecular complexity index is 1310. The first kappa shape index (κ1) is 17.6. The van der Waals surface area contributed by atoms with Crippen LogP contribution >= 0.6 is 15.9 Å². The lowest BCUT2D eigenvalue weighted by Crippen LogP contribution is -1.98.